The molecule has 0 unspecified atom stereocenters. The molecule has 1 aliphatic heterocycles. The van der Waals surface area contributed by atoms with E-state index in [-0.39, 0.29) is 11.9 Å². The SMILES string of the molecule is O=C(c1ccco1)N1N=C(c2cccs2)C[C@H]1c1cccs1. The van der Waals surface area contributed by atoms with Gasteiger partial charge in [-0.1, -0.05) is 12.1 Å². The number of amides is 1. The van der Waals surface area contributed by atoms with Crippen LogP contribution in [0.15, 0.2) is 62.9 Å². The Labute approximate surface area is 135 Å². The normalized spacial score (nSPS) is 17.7. The number of rotatable bonds is 3. The second-order valence-corrected chi connectivity index (χ2v) is 6.81. The fraction of sp³-hybridized carbons (Fsp3) is 0.125. The Kier molecular flexibility index (Phi) is 3.40. The smallest absolute Gasteiger partial charge is 0.310 e. The van der Waals surface area contributed by atoms with Crippen LogP contribution in [-0.2, 0) is 0 Å². The van der Waals surface area contributed by atoms with Crippen molar-refractivity contribution in [3.8, 4) is 0 Å². The summed E-state index contributed by atoms with van der Waals surface area (Å²) in [5, 5.41) is 10.2. The summed E-state index contributed by atoms with van der Waals surface area (Å²) in [5.41, 5.74) is 0.952. The topological polar surface area (TPSA) is 45.8 Å². The molecule has 1 amide bonds. The lowest BCUT2D eigenvalue weighted by Crippen LogP contribution is -2.26. The molecule has 0 fully saturated rings. The van der Waals surface area contributed by atoms with E-state index in [1.807, 2.05) is 35.0 Å². The first-order valence-corrected chi connectivity index (χ1v) is 8.60. The van der Waals surface area contributed by atoms with Crippen LogP contribution in [0, 0.1) is 0 Å². The Morgan fingerprint density at radius 3 is 2.73 bits per heavy atom. The Balaban J connectivity index is 1.71. The van der Waals surface area contributed by atoms with E-state index in [0.717, 1.165) is 21.9 Å². The third kappa shape index (κ3) is 2.30. The number of carbonyl (C=O) groups excluding carboxylic acids is 1. The van der Waals surface area contributed by atoms with Crippen LogP contribution < -0.4 is 0 Å². The molecule has 0 aromatic carbocycles. The minimum Gasteiger partial charge on any atom is -0.459 e. The van der Waals surface area contributed by atoms with E-state index in [2.05, 4.69) is 5.10 Å². The maximum absolute atomic E-state index is 12.7. The van der Waals surface area contributed by atoms with Gasteiger partial charge in [0.1, 0.15) is 0 Å². The number of hydrogen-bond donors (Lipinski definition) is 0. The lowest BCUT2D eigenvalue weighted by molar-refractivity contribution is 0.0681. The van der Waals surface area contributed by atoms with Crippen LogP contribution in [0.1, 0.15) is 32.8 Å². The number of thiophene rings is 2. The summed E-state index contributed by atoms with van der Waals surface area (Å²) in [6, 6.07) is 11.4. The second kappa shape index (κ2) is 5.55. The third-order valence-corrected chi connectivity index (χ3v) is 5.42. The average Bonchev–Trinajstić information content (AvgIpc) is 3.35. The van der Waals surface area contributed by atoms with Crippen LogP contribution in [0.3, 0.4) is 0 Å². The van der Waals surface area contributed by atoms with Gasteiger partial charge in [-0.15, -0.1) is 22.7 Å². The van der Waals surface area contributed by atoms with Gasteiger partial charge in [0.15, 0.2) is 5.76 Å². The fourth-order valence-electron chi connectivity index (χ4n) is 2.50. The lowest BCUT2D eigenvalue weighted by Gasteiger charge is -2.19. The molecule has 110 valence electrons. The van der Waals surface area contributed by atoms with Crippen LogP contribution >= 0.6 is 22.7 Å². The number of hydrogen-bond acceptors (Lipinski definition) is 5. The Hall–Kier alpha value is -2.18. The largest absolute Gasteiger partial charge is 0.459 e. The molecule has 4 nitrogen and oxygen atoms in total. The molecule has 0 bridgehead atoms. The molecule has 0 spiro atoms. The maximum atomic E-state index is 12.7. The van der Waals surface area contributed by atoms with Crippen molar-refractivity contribution in [1.29, 1.82) is 0 Å². The summed E-state index contributed by atoms with van der Waals surface area (Å²) in [6.45, 7) is 0. The minimum absolute atomic E-state index is 0.0605. The van der Waals surface area contributed by atoms with Crippen molar-refractivity contribution >= 4 is 34.3 Å². The quantitative estimate of drug-likeness (QED) is 0.715. The van der Waals surface area contributed by atoms with E-state index in [1.165, 1.54) is 6.26 Å². The molecule has 0 N–H and O–H groups in total. The second-order valence-electron chi connectivity index (χ2n) is 4.89. The standard InChI is InChI=1S/C16H12N2O2S2/c19-16(13-4-1-7-20-13)18-12(15-6-3-9-22-15)10-11(17-18)14-5-2-8-21-14/h1-9,12H,10H2/t12-/m0/s1. The van der Waals surface area contributed by atoms with E-state index >= 15 is 0 Å². The third-order valence-electron chi connectivity index (χ3n) is 3.53. The molecule has 3 aromatic heterocycles. The van der Waals surface area contributed by atoms with Gasteiger partial charge in [0, 0.05) is 11.3 Å². The van der Waals surface area contributed by atoms with Crippen molar-refractivity contribution in [1.82, 2.24) is 5.01 Å². The summed E-state index contributed by atoms with van der Waals surface area (Å²) in [5.74, 6) is 0.118. The van der Waals surface area contributed by atoms with Gasteiger partial charge in [-0.05, 0) is 35.0 Å². The molecule has 0 aliphatic carbocycles. The van der Waals surface area contributed by atoms with E-state index in [9.17, 15) is 4.79 Å². The molecule has 3 aromatic rings. The first kappa shape index (κ1) is 13.5. The molecular formula is C16H12N2O2S2. The van der Waals surface area contributed by atoms with Gasteiger partial charge in [0.05, 0.1) is 22.9 Å². The van der Waals surface area contributed by atoms with Gasteiger partial charge < -0.3 is 4.42 Å². The highest BCUT2D eigenvalue weighted by molar-refractivity contribution is 7.12. The van der Waals surface area contributed by atoms with E-state index in [0.29, 0.717) is 5.76 Å². The van der Waals surface area contributed by atoms with Gasteiger partial charge in [-0.25, -0.2) is 5.01 Å². The average molecular weight is 328 g/mol. The maximum Gasteiger partial charge on any atom is 0.310 e. The zero-order valence-corrected chi connectivity index (χ0v) is 13.1. The van der Waals surface area contributed by atoms with Crippen LogP contribution in [0.5, 0.6) is 0 Å². The minimum atomic E-state index is -0.199. The Morgan fingerprint density at radius 2 is 2.05 bits per heavy atom. The predicted octanol–water partition coefficient (Wildman–Crippen LogP) is 4.39. The summed E-state index contributed by atoms with van der Waals surface area (Å²) in [6.07, 6.45) is 2.24. The highest BCUT2D eigenvalue weighted by Crippen LogP contribution is 2.36. The summed E-state index contributed by atoms with van der Waals surface area (Å²) in [7, 11) is 0. The summed E-state index contributed by atoms with van der Waals surface area (Å²) < 4.78 is 5.24. The van der Waals surface area contributed by atoms with Crippen molar-refractivity contribution in [2.24, 2.45) is 5.10 Å². The van der Waals surface area contributed by atoms with Gasteiger partial charge in [-0.2, -0.15) is 5.10 Å². The zero-order valence-electron chi connectivity index (χ0n) is 11.5. The van der Waals surface area contributed by atoms with Crippen molar-refractivity contribution in [3.05, 3.63) is 68.9 Å². The van der Waals surface area contributed by atoms with E-state index in [4.69, 9.17) is 4.42 Å². The van der Waals surface area contributed by atoms with Crippen molar-refractivity contribution in [2.75, 3.05) is 0 Å². The number of hydrazone groups is 1. The monoisotopic (exact) mass is 328 g/mol. The molecule has 1 atom stereocenters. The summed E-state index contributed by atoms with van der Waals surface area (Å²) in [4.78, 5) is 14.9. The van der Waals surface area contributed by atoms with Crippen molar-refractivity contribution < 1.29 is 9.21 Å². The van der Waals surface area contributed by atoms with Crippen LogP contribution in [-0.4, -0.2) is 16.6 Å². The van der Waals surface area contributed by atoms with Crippen molar-refractivity contribution in [2.45, 2.75) is 12.5 Å². The molecule has 6 heteroatoms. The molecule has 0 saturated carbocycles. The molecular weight excluding hydrogens is 316 g/mol. The van der Waals surface area contributed by atoms with E-state index in [1.54, 1.807) is 39.8 Å². The van der Waals surface area contributed by atoms with Crippen LogP contribution in [0.25, 0.3) is 0 Å². The van der Waals surface area contributed by atoms with Gasteiger partial charge in [-0.3, -0.25) is 4.79 Å². The van der Waals surface area contributed by atoms with Gasteiger partial charge in [0.25, 0.3) is 0 Å². The van der Waals surface area contributed by atoms with Crippen LogP contribution in [0.2, 0.25) is 0 Å². The fourth-order valence-corrected chi connectivity index (χ4v) is 4.04. The zero-order chi connectivity index (χ0) is 14.9. The lowest BCUT2D eigenvalue weighted by atomic mass is 10.1. The van der Waals surface area contributed by atoms with E-state index < -0.39 is 0 Å². The summed E-state index contributed by atoms with van der Waals surface area (Å²) >= 11 is 3.29. The molecule has 4 heterocycles. The Morgan fingerprint density at radius 1 is 1.18 bits per heavy atom. The predicted molar refractivity (Wildman–Crippen MR) is 87.4 cm³/mol. The van der Waals surface area contributed by atoms with Gasteiger partial charge >= 0.3 is 5.91 Å². The number of carbonyl (C=O) groups is 1. The molecule has 22 heavy (non-hydrogen) atoms. The first-order chi connectivity index (χ1) is 10.8. The number of furan rings is 1. The molecule has 1 aliphatic rings. The van der Waals surface area contributed by atoms with Crippen LogP contribution in [0.4, 0.5) is 0 Å². The van der Waals surface area contributed by atoms with Crippen molar-refractivity contribution in [3.63, 3.8) is 0 Å². The van der Waals surface area contributed by atoms with Gasteiger partial charge in [0.2, 0.25) is 0 Å². The Bertz CT molecular complexity index is 789. The highest BCUT2D eigenvalue weighted by Gasteiger charge is 2.35. The molecule has 0 saturated heterocycles. The highest BCUT2D eigenvalue weighted by atomic mass is 32.1. The first-order valence-electron chi connectivity index (χ1n) is 6.85. The molecule has 0 radical (unpaired) electrons. The number of nitrogens with zero attached hydrogens (tertiary/aromatic N) is 2. The molecule has 4 rings (SSSR count).